The summed E-state index contributed by atoms with van der Waals surface area (Å²) in [5.41, 5.74) is 1.30. The molecule has 0 bridgehead atoms. The van der Waals surface area contributed by atoms with Gasteiger partial charge in [0.15, 0.2) is 0 Å². The van der Waals surface area contributed by atoms with Gasteiger partial charge in [-0.1, -0.05) is 35.0 Å². The molecule has 25 heavy (non-hydrogen) atoms. The van der Waals surface area contributed by atoms with Gasteiger partial charge in [0.1, 0.15) is 5.71 Å². The third-order valence-electron chi connectivity index (χ3n) is 3.56. The summed E-state index contributed by atoms with van der Waals surface area (Å²) in [6, 6.07) is 12.5. The van der Waals surface area contributed by atoms with Crippen LogP contribution in [0.25, 0.3) is 0 Å². The van der Waals surface area contributed by atoms with E-state index in [1.54, 1.807) is 30.3 Å². The Morgan fingerprint density at radius 3 is 2.64 bits per heavy atom. The van der Waals surface area contributed by atoms with Gasteiger partial charge in [-0.15, -0.1) is 11.3 Å². The molecule has 0 radical (unpaired) electrons. The number of halogens is 1. The Balaban J connectivity index is 1.38. The standard InChI is InChI=1S/C17H16ClN3O3S/c18-15-7-6-14(25-15)12-10-13(24-21-12)17(23)20-9-8-19-16(22)11-4-2-1-3-5-11/h1-7,13H,8-10H2,(H,19,22)(H,20,23). The van der Waals surface area contributed by atoms with Crippen LogP contribution < -0.4 is 10.6 Å². The molecular weight excluding hydrogens is 362 g/mol. The second-order valence-electron chi connectivity index (χ2n) is 5.35. The first kappa shape index (κ1) is 17.4. The van der Waals surface area contributed by atoms with Crippen LogP contribution >= 0.6 is 22.9 Å². The number of rotatable bonds is 6. The van der Waals surface area contributed by atoms with E-state index in [2.05, 4.69) is 15.8 Å². The maximum Gasteiger partial charge on any atom is 0.264 e. The molecule has 3 rings (SSSR count). The molecule has 8 heteroatoms. The Kier molecular flexibility index (Phi) is 5.67. The topological polar surface area (TPSA) is 79.8 Å². The molecule has 0 saturated carbocycles. The quantitative estimate of drug-likeness (QED) is 0.759. The molecule has 2 amide bonds. The van der Waals surface area contributed by atoms with Gasteiger partial charge in [-0.05, 0) is 24.3 Å². The number of oxime groups is 1. The number of nitrogens with zero attached hydrogens (tertiary/aromatic N) is 1. The lowest BCUT2D eigenvalue weighted by Crippen LogP contribution is -2.39. The minimum Gasteiger partial charge on any atom is -0.382 e. The Labute approximate surface area is 153 Å². The van der Waals surface area contributed by atoms with Crippen molar-refractivity contribution < 1.29 is 14.4 Å². The van der Waals surface area contributed by atoms with Crippen LogP contribution in [0.2, 0.25) is 4.34 Å². The second kappa shape index (κ2) is 8.13. The maximum absolute atomic E-state index is 12.1. The van der Waals surface area contributed by atoms with E-state index in [1.807, 2.05) is 12.1 Å². The van der Waals surface area contributed by atoms with Gasteiger partial charge in [-0.2, -0.15) is 0 Å². The van der Waals surface area contributed by atoms with Crippen molar-refractivity contribution >= 4 is 40.5 Å². The SMILES string of the molecule is O=C(NCCNC(=O)C1CC(c2ccc(Cl)s2)=NO1)c1ccccc1. The van der Waals surface area contributed by atoms with E-state index in [0.717, 1.165) is 10.6 Å². The molecule has 1 aromatic heterocycles. The number of thiophene rings is 1. The van der Waals surface area contributed by atoms with Gasteiger partial charge in [0.05, 0.1) is 9.21 Å². The molecule has 1 unspecified atom stereocenters. The van der Waals surface area contributed by atoms with E-state index in [-0.39, 0.29) is 11.8 Å². The van der Waals surface area contributed by atoms with Gasteiger partial charge in [0, 0.05) is 25.1 Å². The predicted octanol–water partition coefficient (Wildman–Crippen LogP) is 2.44. The van der Waals surface area contributed by atoms with E-state index < -0.39 is 6.10 Å². The highest BCUT2D eigenvalue weighted by Crippen LogP contribution is 2.26. The zero-order valence-corrected chi connectivity index (χ0v) is 14.8. The lowest BCUT2D eigenvalue weighted by atomic mass is 10.1. The molecule has 1 aliphatic heterocycles. The van der Waals surface area contributed by atoms with Gasteiger partial charge in [0.2, 0.25) is 6.10 Å². The van der Waals surface area contributed by atoms with Crippen molar-refractivity contribution in [3.05, 3.63) is 57.2 Å². The Morgan fingerprint density at radius 1 is 1.16 bits per heavy atom. The maximum atomic E-state index is 12.1. The number of carbonyl (C=O) groups is 2. The normalized spacial score (nSPS) is 16.0. The number of amides is 2. The molecule has 2 heterocycles. The van der Waals surface area contributed by atoms with Crippen LogP contribution in [-0.4, -0.2) is 36.7 Å². The summed E-state index contributed by atoms with van der Waals surface area (Å²) in [6.07, 6.45) is -0.250. The molecule has 0 aliphatic carbocycles. The molecule has 1 aliphatic rings. The minimum absolute atomic E-state index is 0.174. The van der Waals surface area contributed by atoms with Crippen molar-refractivity contribution in [2.45, 2.75) is 12.5 Å². The third kappa shape index (κ3) is 4.58. The smallest absolute Gasteiger partial charge is 0.264 e. The Morgan fingerprint density at radius 2 is 1.92 bits per heavy atom. The summed E-state index contributed by atoms with van der Waals surface area (Å²) in [4.78, 5) is 30.1. The first-order valence-corrected chi connectivity index (χ1v) is 8.92. The molecule has 0 saturated heterocycles. The molecule has 6 nitrogen and oxygen atoms in total. The van der Waals surface area contributed by atoms with Gasteiger partial charge in [-0.25, -0.2) is 0 Å². The van der Waals surface area contributed by atoms with Crippen molar-refractivity contribution in [2.75, 3.05) is 13.1 Å². The number of hydrogen-bond donors (Lipinski definition) is 2. The van der Waals surface area contributed by atoms with Gasteiger partial charge in [-0.3, -0.25) is 9.59 Å². The second-order valence-corrected chi connectivity index (χ2v) is 7.07. The Bertz CT molecular complexity index is 791. The van der Waals surface area contributed by atoms with E-state index in [1.165, 1.54) is 11.3 Å². The number of hydrogen-bond acceptors (Lipinski definition) is 5. The van der Waals surface area contributed by atoms with Crippen LogP contribution in [0.1, 0.15) is 21.7 Å². The zero-order chi connectivity index (χ0) is 17.6. The fourth-order valence-corrected chi connectivity index (χ4v) is 3.33. The van der Waals surface area contributed by atoms with E-state index in [0.29, 0.717) is 29.4 Å². The van der Waals surface area contributed by atoms with Crippen LogP contribution in [0.4, 0.5) is 0 Å². The van der Waals surface area contributed by atoms with Crippen LogP contribution in [0, 0.1) is 0 Å². The highest BCUT2D eigenvalue weighted by Gasteiger charge is 2.29. The van der Waals surface area contributed by atoms with Crippen LogP contribution in [0.5, 0.6) is 0 Å². The largest absolute Gasteiger partial charge is 0.382 e. The summed E-state index contributed by atoms with van der Waals surface area (Å²) in [7, 11) is 0. The molecule has 2 N–H and O–H groups in total. The van der Waals surface area contributed by atoms with E-state index in [4.69, 9.17) is 16.4 Å². The molecule has 130 valence electrons. The predicted molar refractivity (Wildman–Crippen MR) is 97.1 cm³/mol. The average molecular weight is 378 g/mol. The fourth-order valence-electron chi connectivity index (χ4n) is 2.30. The van der Waals surface area contributed by atoms with Crippen molar-refractivity contribution in [2.24, 2.45) is 5.16 Å². The monoisotopic (exact) mass is 377 g/mol. The highest BCUT2D eigenvalue weighted by atomic mass is 35.5. The molecule has 2 aromatic rings. The summed E-state index contributed by atoms with van der Waals surface area (Å²) < 4.78 is 0.666. The summed E-state index contributed by atoms with van der Waals surface area (Å²) in [5, 5.41) is 9.44. The van der Waals surface area contributed by atoms with Crippen LogP contribution in [-0.2, 0) is 9.63 Å². The molecule has 0 fully saturated rings. The minimum atomic E-state index is -0.652. The molecule has 1 aromatic carbocycles. The summed E-state index contributed by atoms with van der Waals surface area (Å²) in [6.45, 7) is 0.651. The van der Waals surface area contributed by atoms with Crippen LogP contribution in [0.3, 0.4) is 0 Å². The zero-order valence-electron chi connectivity index (χ0n) is 13.2. The highest BCUT2D eigenvalue weighted by molar-refractivity contribution is 7.18. The Hall–Kier alpha value is -2.38. The van der Waals surface area contributed by atoms with E-state index >= 15 is 0 Å². The summed E-state index contributed by atoms with van der Waals surface area (Å²) >= 11 is 7.30. The van der Waals surface area contributed by atoms with Crippen LogP contribution in [0.15, 0.2) is 47.6 Å². The third-order valence-corrected chi connectivity index (χ3v) is 4.84. The van der Waals surface area contributed by atoms with Crippen molar-refractivity contribution in [3.63, 3.8) is 0 Å². The molecule has 1 atom stereocenters. The first-order valence-electron chi connectivity index (χ1n) is 7.73. The fraction of sp³-hybridized carbons (Fsp3) is 0.235. The van der Waals surface area contributed by atoms with Crippen molar-refractivity contribution in [1.29, 1.82) is 0 Å². The first-order chi connectivity index (χ1) is 12.1. The van der Waals surface area contributed by atoms with Crippen molar-refractivity contribution in [3.8, 4) is 0 Å². The number of carbonyl (C=O) groups excluding carboxylic acids is 2. The number of benzene rings is 1. The molecular formula is C17H16ClN3O3S. The van der Waals surface area contributed by atoms with Gasteiger partial charge in [0.25, 0.3) is 11.8 Å². The lowest BCUT2D eigenvalue weighted by molar-refractivity contribution is -0.131. The van der Waals surface area contributed by atoms with Crippen molar-refractivity contribution in [1.82, 2.24) is 10.6 Å². The lowest BCUT2D eigenvalue weighted by Gasteiger charge is -2.10. The average Bonchev–Trinajstić information content (AvgIpc) is 3.28. The molecule has 0 spiro atoms. The van der Waals surface area contributed by atoms with Gasteiger partial charge < -0.3 is 15.5 Å². The number of nitrogens with one attached hydrogen (secondary N) is 2. The van der Waals surface area contributed by atoms with E-state index in [9.17, 15) is 9.59 Å². The van der Waals surface area contributed by atoms with Gasteiger partial charge >= 0.3 is 0 Å². The summed E-state index contributed by atoms with van der Waals surface area (Å²) in [5.74, 6) is -0.428.